The van der Waals surface area contributed by atoms with E-state index in [2.05, 4.69) is 84.0 Å². The molecule has 0 radical (unpaired) electrons. The van der Waals surface area contributed by atoms with E-state index in [0.29, 0.717) is 6.54 Å². The highest BCUT2D eigenvalue weighted by molar-refractivity contribution is 5.49. The zero-order valence-electron chi connectivity index (χ0n) is 12.9. The summed E-state index contributed by atoms with van der Waals surface area (Å²) in [4.78, 5) is 0. The Morgan fingerprint density at radius 3 is 1.30 bits per heavy atom. The molecule has 0 atom stereocenters. The normalized spacial score (nSPS) is 10.9. The molecule has 3 rings (SSSR count). The van der Waals surface area contributed by atoms with Gasteiger partial charge in [-0.3, -0.25) is 5.32 Å². The van der Waals surface area contributed by atoms with Gasteiger partial charge in [-0.25, -0.2) is 0 Å². The second-order valence-corrected chi connectivity index (χ2v) is 5.41. The Balaban J connectivity index is 2.28. The molecule has 112 valence electrons. The van der Waals surface area contributed by atoms with Crippen LogP contribution in [0, 0.1) is 12.3 Å². The lowest BCUT2D eigenvalue weighted by molar-refractivity contribution is 0.505. The Hall–Kier alpha value is -2.82. The highest BCUT2D eigenvalue weighted by Gasteiger charge is 2.35. The summed E-state index contributed by atoms with van der Waals surface area (Å²) in [5.41, 5.74) is 3.06. The van der Waals surface area contributed by atoms with E-state index >= 15 is 0 Å². The monoisotopic (exact) mass is 297 g/mol. The quantitative estimate of drug-likeness (QED) is 0.550. The first-order valence-corrected chi connectivity index (χ1v) is 7.73. The Morgan fingerprint density at radius 1 is 0.652 bits per heavy atom. The predicted molar refractivity (Wildman–Crippen MR) is 96.0 cm³/mol. The van der Waals surface area contributed by atoms with Gasteiger partial charge in [-0.05, 0) is 16.7 Å². The molecule has 0 saturated heterocycles. The van der Waals surface area contributed by atoms with Crippen LogP contribution in [0.2, 0.25) is 0 Å². The van der Waals surface area contributed by atoms with Crippen molar-refractivity contribution in [3.63, 3.8) is 0 Å². The first-order chi connectivity index (χ1) is 11.4. The van der Waals surface area contributed by atoms with Gasteiger partial charge in [0.2, 0.25) is 0 Å². The minimum absolute atomic E-state index is 0.462. The number of hydrogen-bond donors (Lipinski definition) is 1. The smallest absolute Gasteiger partial charge is 0.0955 e. The SMILES string of the molecule is C#CCNC(c1ccccc1)(c1ccccc1)c1ccccc1. The summed E-state index contributed by atoms with van der Waals surface area (Å²) in [6, 6.07) is 31.3. The topological polar surface area (TPSA) is 12.0 Å². The van der Waals surface area contributed by atoms with E-state index in [1.165, 1.54) is 16.7 Å². The molecule has 3 aromatic carbocycles. The van der Waals surface area contributed by atoms with Crippen LogP contribution in [-0.4, -0.2) is 6.54 Å². The van der Waals surface area contributed by atoms with Crippen molar-refractivity contribution in [2.24, 2.45) is 0 Å². The van der Waals surface area contributed by atoms with Crippen LogP contribution in [0.15, 0.2) is 91.0 Å². The lowest BCUT2D eigenvalue weighted by atomic mass is 9.77. The van der Waals surface area contributed by atoms with Crippen molar-refractivity contribution in [1.29, 1.82) is 0 Å². The molecule has 1 nitrogen and oxygen atoms in total. The van der Waals surface area contributed by atoms with Gasteiger partial charge in [0.25, 0.3) is 0 Å². The van der Waals surface area contributed by atoms with Gasteiger partial charge >= 0.3 is 0 Å². The molecule has 0 unspecified atom stereocenters. The fourth-order valence-electron chi connectivity index (χ4n) is 3.05. The zero-order valence-corrected chi connectivity index (χ0v) is 12.9. The minimum Gasteiger partial charge on any atom is -0.289 e. The molecule has 1 N–H and O–H groups in total. The fraction of sp³-hybridized carbons (Fsp3) is 0.0909. The second kappa shape index (κ2) is 6.96. The summed E-state index contributed by atoms with van der Waals surface area (Å²) in [6.07, 6.45) is 5.56. The van der Waals surface area contributed by atoms with Crippen molar-refractivity contribution >= 4 is 0 Å². The van der Waals surface area contributed by atoms with Crippen LogP contribution in [0.25, 0.3) is 0 Å². The molecule has 0 aliphatic rings. The molecule has 0 aliphatic carbocycles. The summed E-state index contributed by atoms with van der Waals surface area (Å²) >= 11 is 0. The van der Waals surface area contributed by atoms with E-state index in [9.17, 15) is 0 Å². The van der Waals surface area contributed by atoms with Crippen LogP contribution < -0.4 is 5.32 Å². The molecule has 0 bridgehead atoms. The summed E-state index contributed by atoms with van der Waals surface area (Å²) in [6.45, 7) is 0.485. The third kappa shape index (κ3) is 2.90. The number of benzene rings is 3. The van der Waals surface area contributed by atoms with Gasteiger partial charge in [0, 0.05) is 0 Å². The van der Waals surface area contributed by atoms with Crippen molar-refractivity contribution in [2.75, 3.05) is 6.54 Å². The van der Waals surface area contributed by atoms with Crippen LogP contribution >= 0.6 is 0 Å². The van der Waals surface area contributed by atoms with E-state index in [0.717, 1.165) is 0 Å². The largest absolute Gasteiger partial charge is 0.289 e. The molecular weight excluding hydrogens is 278 g/mol. The zero-order chi connectivity index (χ0) is 16.0. The molecule has 23 heavy (non-hydrogen) atoms. The average Bonchev–Trinajstić information content (AvgIpc) is 2.65. The van der Waals surface area contributed by atoms with Crippen LogP contribution in [0.3, 0.4) is 0 Å². The maximum absolute atomic E-state index is 5.56. The fourth-order valence-corrected chi connectivity index (χ4v) is 3.05. The van der Waals surface area contributed by atoms with Crippen LogP contribution in [0.4, 0.5) is 0 Å². The molecular formula is C22H19N. The molecule has 0 fully saturated rings. The van der Waals surface area contributed by atoms with Gasteiger partial charge in [0.15, 0.2) is 0 Å². The van der Waals surface area contributed by atoms with Crippen molar-refractivity contribution in [3.05, 3.63) is 108 Å². The van der Waals surface area contributed by atoms with Gasteiger partial charge in [0.1, 0.15) is 0 Å². The third-order valence-electron chi connectivity index (χ3n) is 4.08. The summed E-state index contributed by atoms with van der Waals surface area (Å²) < 4.78 is 0. The van der Waals surface area contributed by atoms with Crippen molar-refractivity contribution in [3.8, 4) is 12.3 Å². The van der Waals surface area contributed by atoms with Crippen LogP contribution in [0.5, 0.6) is 0 Å². The molecule has 0 amide bonds. The summed E-state index contributed by atoms with van der Waals surface area (Å²) in [5, 5.41) is 3.60. The number of hydrogen-bond acceptors (Lipinski definition) is 1. The number of nitrogens with one attached hydrogen (secondary N) is 1. The van der Waals surface area contributed by atoms with E-state index in [4.69, 9.17) is 6.42 Å². The Bertz CT molecular complexity index is 674. The molecule has 3 aromatic rings. The predicted octanol–water partition coefficient (Wildman–Crippen LogP) is 4.20. The van der Waals surface area contributed by atoms with Crippen molar-refractivity contribution in [1.82, 2.24) is 5.32 Å². The molecule has 0 aliphatic heterocycles. The van der Waals surface area contributed by atoms with E-state index < -0.39 is 5.54 Å². The summed E-state index contributed by atoms with van der Waals surface area (Å²) in [7, 11) is 0. The van der Waals surface area contributed by atoms with Crippen LogP contribution in [-0.2, 0) is 5.54 Å². The molecule has 0 spiro atoms. The van der Waals surface area contributed by atoms with E-state index in [-0.39, 0.29) is 0 Å². The van der Waals surface area contributed by atoms with Gasteiger partial charge in [-0.1, -0.05) is 96.9 Å². The first kappa shape index (κ1) is 15.1. The maximum Gasteiger partial charge on any atom is 0.0955 e. The van der Waals surface area contributed by atoms with Gasteiger partial charge in [0.05, 0.1) is 12.1 Å². The molecule has 0 heterocycles. The molecule has 0 saturated carbocycles. The highest BCUT2D eigenvalue weighted by atomic mass is 15.0. The standard InChI is InChI=1S/C22H19N/c1-2-18-23-22(19-12-6-3-7-13-19,20-14-8-4-9-15-20)21-16-10-5-11-17-21/h1,3-17,23H,18H2. The first-order valence-electron chi connectivity index (χ1n) is 7.73. The highest BCUT2D eigenvalue weighted by Crippen LogP contribution is 2.36. The van der Waals surface area contributed by atoms with Gasteiger partial charge in [-0.2, -0.15) is 0 Å². The lowest BCUT2D eigenvalue weighted by Gasteiger charge is -2.36. The Labute approximate surface area is 138 Å². The Morgan fingerprint density at radius 2 is 1.00 bits per heavy atom. The lowest BCUT2D eigenvalue weighted by Crippen LogP contribution is -2.44. The van der Waals surface area contributed by atoms with Crippen molar-refractivity contribution < 1.29 is 0 Å². The maximum atomic E-state index is 5.56. The molecule has 1 heteroatoms. The van der Waals surface area contributed by atoms with E-state index in [1.54, 1.807) is 0 Å². The average molecular weight is 297 g/mol. The summed E-state index contributed by atoms with van der Waals surface area (Å²) in [5.74, 6) is 2.72. The minimum atomic E-state index is -0.462. The third-order valence-corrected chi connectivity index (χ3v) is 4.08. The Kier molecular flexibility index (Phi) is 4.57. The molecule has 0 aromatic heterocycles. The van der Waals surface area contributed by atoms with E-state index in [1.807, 2.05) is 18.2 Å². The van der Waals surface area contributed by atoms with Gasteiger partial charge < -0.3 is 0 Å². The number of terminal acetylenes is 1. The number of rotatable bonds is 5. The second-order valence-electron chi connectivity index (χ2n) is 5.41. The van der Waals surface area contributed by atoms with Crippen molar-refractivity contribution in [2.45, 2.75) is 5.54 Å². The van der Waals surface area contributed by atoms with Gasteiger partial charge in [-0.15, -0.1) is 6.42 Å². The van der Waals surface area contributed by atoms with Crippen LogP contribution in [0.1, 0.15) is 16.7 Å².